The average Bonchev–Trinajstić information content (AvgIpc) is 2.44. The van der Waals surface area contributed by atoms with Gasteiger partial charge in [0.1, 0.15) is 0 Å². The fraction of sp³-hybridized carbons (Fsp3) is 0.368. The molecule has 110 valence electrons. The zero-order valence-electron chi connectivity index (χ0n) is 12.8. The van der Waals surface area contributed by atoms with E-state index < -0.39 is 0 Å². The lowest BCUT2D eigenvalue weighted by molar-refractivity contribution is 0.179. The van der Waals surface area contributed by atoms with Crippen LogP contribution < -0.4 is 5.32 Å². The summed E-state index contributed by atoms with van der Waals surface area (Å²) in [5.41, 5.74) is 4.16. The number of aryl methyl sites for hydroxylation is 1. The molecule has 0 saturated carbocycles. The van der Waals surface area contributed by atoms with Crippen molar-refractivity contribution >= 4 is 0 Å². The average molecular weight is 280 g/mol. The molecule has 1 aliphatic heterocycles. The predicted octanol–water partition coefficient (Wildman–Crippen LogP) is 3.22. The van der Waals surface area contributed by atoms with Crippen LogP contribution in [0.5, 0.6) is 0 Å². The highest BCUT2D eigenvalue weighted by Crippen LogP contribution is 2.15. The van der Waals surface area contributed by atoms with Gasteiger partial charge < -0.3 is 5.32 Å². The van der Waals surface area contributed by atoms with Crippen molar-refractivity contribution in [3.05, 3.63) is 71.3 Å². The van der Waals surface area contributed by atoms with Crippen molar-refractivity contribution in [1.82, 2.24) is 10.2 Å². The van der Waals surface area contributed by atoms with Crippen molar-refractivity contribution in [2.75, 3.05) is 19.6 Å². The quantitative estimate of drug-likeness (QED) is 0.874. The van der Waals surface area contributed by atoms with Crippen molar-refractivity contribution in [3.63, 3.8) is 0 Å². The van der Waals surface area contributed by atoms with Gasteiger partial charge in [-0.2, -0.15) is 0 Å². The topological polar surface area (TPSA) is 15.3 Å². The zero-order chi connectivity index (χ0) is 14.5. The lowest BCUT2D eigenvalue weighted by Crippen LogP contribution is -2.48. The minimum absolute atomic E-state index is 0.804. The molecule has 3 rings (SSSR count). The van der Waals surface area contributed by atoms with Gasteiger partial charge in [-0.15, -0.1) is 0 Å². The summed E-state index contributed by atoms with van der Waals surface area (Å²) in [6.07, 6.45) is 0. The maximum Gasteiger partial charge on any atom is 0.0237 e. The summed E-state index contributed by atoms with van der Waals surface area (Å²) >= 11 is 0. The Morgan fingerprint density at radius 2 is 1.67 bits per heavy atom. The van der Waals surface area contributed by atoms with Gasteiger partial charge in [0.15, 0.2) is 0 Å². The Balaban J connectivity index is 1.69. The van der Waals surface area contributed by atoms with Crippen LogP contribution >= 0.6 is 0 Å². The van der Waals surface area contributed by atoms with Gasteiger partial charge in [0, 0.05) is 32.7 Å². The van der Waals surface area contributed by atoms with E-state index >= 15 is 0 Å². The zero-order valence-corrected chi connectivity index (χ0v) is 12.8. The van der Waals surface area contributed by atoms with E-state index in [4.69, 9.17) is 0 Å². The number of rotatable bonds is 6. The number of nitrogens with zero attached hydrogens (tertiary/aromatic N) is 1. The van der Waals surface area contributed by atoms with Gasteiger partial charge in [-0.1, -0.05) is 60.2 Å². The van der Waals surface area contributed by atoms with Crippen LogP contribution in [0.15, 0.2) is 54.6 Å². The van der Waals surface area contributed by atoms with Crippen LogP contribution in [-0.4, -0.2) is 24.5 Å². The Labute approximate surface area is 127 Å². The molecular weight excluding hydrogens is 256 g/mol. The minimum Gasteiger partial charge on any atom is -0.316 e. The number of benzene rings is 2. The first-order chi connectivity index (χ1) is 10.3. The molecule has 1 N–H and O–H groups in total. The molecule has 0 aliphatic carbocycles. The molecule has 1 aliphatic rings. The molecule has 0 bridgehead atoms. The fourth-order valence-electron chi connectivity index (χ4n) is 2.94. The largest absolute Gasteiger partial charge is 0.316 e. The van der Waals surface area contributed by atoms with E-state index in [-0.39, 0.29) is 0 Å². The maximum atomic E-state index is 3.38. The van der Waals surface area contributed by atoms with Crippen LogP contribution in [0, 0.1) is 12.8 Å². The van der Waals surface area contributed by atoms with Crippen LogP contribution in [0.2, 0.25) is 0 Å². The van der Waals surface area contributed by atoms with E-state index in [1.54, 1.807) is 0 Å². The van der Waals surface area contributed by atoms with E-state index in [0.717, 1.165) is 19.0 Å². The van der Waals surface area contributed by atoms with Crippen LogP contribution in [0.25, 0.3) is 0 Å². The first-order valence-corrected chi connectivity index (χ1v) is 7.82. The number of hydrogen-bond donors (Lipinski definition) is 1. The lowest BCUT2D eigenvalue weighted by atomic mass is 10.0. The molecule has 1 saturated heterocycles. The van der Waals surface area contributed by atoms with Crippen molar-refractivity contribution in [1.29, 1.82) is 0 Å². The van der Waals surface area contributed by atoms with E-state index in [9.17, 15) is 0 Å². The molecule has 1 heterocycles. The van der Waals surface area contributed by atoms with Crippen molar-refractivity contribution in [3.8, 4) is 0 Å². The van der Waals surface area contributed by atoms with E-state index in [0.29, 0.717) is 0 Å². The SMILES string of the molecule is Cc1cccc(CN(Cc2ccccc2)CC2CNC2)c1. The highest BCUT2D eigenvalue weighted by atomic mass is 15.1. The molecule has 0 radical (unpaired) electrons. The third kappa shape index (κ3) is 4.16. The lowest BCUT2D eigenvalue weighted by Gasteiger charge is -2.33. The van der Waals surface area contributed by atoms with Crippen LogP contribution in [0.4, 0.5) is 0 Å². The summed E-state index contributed by atoms with van der Waals surface area (Å²) in [5, 5.41) is 3.38. The standard InChI is InChI=1S/C19H24N2/c1-16-6-5-9-18(10-16)14-21(15-19-11-20-12-19)13-17-7-3-2-4-8-17/h2-10,19-20H,11-15H2,1H3. The summed E-state index contributed by atoms with van der Waals surface area (Å²) in [5.74, 6) is 0.804. The second-order valence-corrected chi connectivity index (χ2v) is 6.17. The van der Waals surface area contributed by atoms with Gasteiger partial charge in [-0.25, -0.2) is 0 Å². The van der Waals surface area contributed by atoms with Crippen LogP contribution in [0.1, 0.15) is 16.7 Å². The van der Waals surface area contributed by atoms with Crippen LogP contribution in [0.3, 0.4) is 0 Å². The Kier molecular flexibility index (Phi) is 4.69. The first kappa shape index (κ1) is 14.3. The van der Waals surface area contributed by atoms with Crippen molar-refractivity contribution in [2.24, 2.45) is 5.92 Å². The molecule has 0 spiro atoms. The van der Waals surface area contributed by atoms with Gasteiger partial charge in [-0.3, -0.25) is 4.90 Å². The summed E-state index contributed by atoms with van der Waals surface area (Å²) in [4.78, 5) is 2.58. The third-order valence-corrected chi connectivity index (χ3v) is 4.12. The van der Waals surface area contributed by atoms with Crippen molar-refractivity contribution < 1.29 is 0 Å². The predicted molar refractivity (Wildman–Crippen MR) is 88.1 cm³/mol. The molecule has 0 amide bonds. The molecule has 2 nitrogen and oxygen atoms in total. The normalized spacial score (nSPS) is 15.1. The third-order valence-electron chi connectivity index (χ3n) is 4.12. The molecule has 0 atom stereocenters. The molecular formula is C19H24N2. The maximum absolute atomic E-state index is 3.38. The Bertz CT molecular complexity index is 561. The van der Waals surface area contributed by atoms with Gasteiger partial charge in [0.2, 0.25) is 0 Å². The fourth-order valence-corrected chi connectivity index (χ4v) is 2.94. The van der Waals surface area contributed by atoms with Crippen molar-refractivity contribution in [2.45, 2.75) is 20.0 Å². The summed E-state index contributed by atoms with van der Waals surface area (Å²) < 4.78 is 0. The van der Waals surface area contributed by atoms with Gasteiger partial charge in [-0.05, 0) is 24.0 Å². The molecule has 2 heteroatoms. The molecule has 2 aromatic carbocycles. The van der Waals surface area contributed by atoms with E-state index in [1.807, 2.05) is 0 Å². The summed E-state index contributed by atoms with van der Waals surface area (Å²) in [6, 6.07) is 19.7. The second-order valence-electron chi connectivity index (χ2n) is 6.17. The highest BCUT2D eigenvalue weighted by Gasteiger charge is 2.20. The van der Waals surface area contributed by atoms with E-state index in [1.165, 1.54) is 36.3 Å². The molecule has 21 heavy (non-hydrogen) atoms. The van der Waals surface area contributed by atoms with Gasteiger partial charge in [0.25, 0.3) is 0 Å². The summed E-state index contributed by atoms with van der Waals surface area (Å²) in [7, 11) is 0. The van der Waals surface area contributed by atoms with E-state index in [2.05, 4.69) is 71.7 Å². The monoisotopic (exact) mass is 280 g/mol. The molecule has 0 unspecified atom stereocenters. The smallest absolute Gasteiger partial charge is 0.0237 e. The van der Waals surface area contributed by atoms with Gasteiger partial charge in [0.05, 0.1) is 0 Å². The molecule has 2 aromatic rings. The number of nitrogens with one attached hydrogen (secondary N) is 1. The summed E-state index contributed by atoms with van der Waals surface area (Å²) in [6.45, 7) is 7.74. The second kappa shape index (κ2) is 6.88. The number of hydrogen-bond acceptors (Lipinski definition) is 2. The molecule has 1 fully saturated rings. The first-order valence-electron chi connectivity index (χ1n) is 7.82. The van der Waals surface area contributed by atoms with Crippen LogP contribution in [-0.2, 0) is 13.1 Å². The minimum atomic E-state index is 0.804. The van der Waals surface area contributed by atoms with Gasteiger partial charge >= 0.3 is 0 Å². The Morgan fingerprint density at radius 3 is 2.33 bits per heavy atom. The Hall–Kier alpha value is -1.64. The molecule has 0 aromatic heterocycles. The Morgan fingerprint density at radius 1 is 0.952 bits per heavy atom. The highest BCUT2D eigenvalue weighted by molar-refractivity contribution is 5.22.